The number of nitrogens with one attached hydrogen (secondary N) is 1. The molecule has 0 amide bonds. The minimum atomic E-state index is -0.654. The average Bonchev–Trinajstić information content (AvgIpc) is 2.79. The second kappa shape index (κ2) is 9.30. The lowest BCUT2D eigenvalue weighted by molar-refractivity contribution is -0.159. The van der Waals surface area contributed by atoms with Crippen LogP contribution in [0.15, 0.2) is 54.6 Å². The average molecular weight is 408 g/mol. The van der Waals surface area contributed by atoms with Crippen LogP contribution in [0.2, 0.25) is 0 Å². The van der Waals surface area contributed by atoms with Crippen molar-refractivity contribution in [2.24, 2.45) is 5.92 Å². The van der Waals surface area contributed by atoms with Crippen LogP contribution in [0.5, 0.6) is 0 Å². The van der Waals surface area contributed by atoms with Gasteiger partial charge in [0.1, 0.15) is 6.10 Å². The Kier molecular flexibility index (Phi) is 6.33. The third-order valence-corrected chi connectivity index (χ3v) is 5.92. The molecule has 0 spiro atoms. The van der Waals surface area contributed by atoms with E-state index in [1.807, 2.05) is 36.4 Å². The Balaban J connectivity index is 1.53. The molecule has 3 heterocycles. The van der Waals surface area contributed by atoms with Gasteiger partial charge in [-0.05, 0) is 62.5 Å². The van der Waals surface area contributed by atoms with Crippen LogP contribution >= 0.6 is 0 Å². The van der Waals surface area contributed by atoms with E-state index >= 15 is 0 Å². The van der Waals surface area contributed by atoms with E-state index in [4.69, 9.17) is 9.47 Å². The lowest BCUT2D eigenvalue weighted by Crippen LogP contribution is -2.52. The van der Waals surface area contributed by atoms with Gasteiger partial charge in [-0.1, -0.05) is 36.4 Å². The smallest absolute Gasteiger partial charge is 0.338 e. The van der Waals surface area contributed by atoms with Crippen molar-refractivity contribution in [3.8, 4) is 0 Å². The van der Waals surface area contributed by atoms with Gasteiger partial charge in [-0.3, -0.25) is 4.90 Å². The van der Waals surface area contributed by atoms with Crippen molar-refractivity contribution in [2.45, 2.75) is 31.9 Å². The summed E-state index contributed by atoms with van der Waals surface area (Å²) in [5.74, 6) is -0.226. The summed E-state index contributed by atoms with van der Waals surface area (Å²) in [7, 11) is 0. The highest BCUT2D eigenvalue weighted by Crippen LogP contribution is 2.31. The SMILES string of the molecule is CCOC(=O)c1cccc(N[C@@H](C(=O)O[C@H]2CN3CCC2CC3)c2ccccc2)c1. The Hall–Kier alpha value is -2.86. The van der Waals surface area contributed by atoms with Gasteiger partial charge in [-0.25, -0.2) is 9.59 Å². The van der Waals surface area contributed by atoms with E-state index in [0.717, 1.165) is 38.0 Å². The molecule has 158 valence electrons. The Bertz CT molecular complexity index is 878. The second-order valence-electron chi connectivity index (χ2n) is 7.90. The number of benzene rings is 2. The summed E-state index contributed by atoms with van der Waals surface area (Å²) in [4.78, 5) is 27.7. The highest BCUT2D eigenvalue weighted by atomic mass is 16.5. The van der Waals surface area contributed by atoms with Crippen LogP contribution in [-0.2, 0) is 14.3 Å². The standard InChI is InChI=1S/C24H28N2O4/c1-2-29-23(27)19-9-6-10-20(15-19)25-22(18-7-4-3-5-8-18)24(28)30-21-16-26-13-11-17(21)12-14-26/h3-10,15,17,21-22,25H,2,11-14,16H2,1H3/t21-,22+/m0/s1. The lowest BCUT2D eigenvalue weighted by atomic mass is 9.86. The molecular formula is C24H28N2O4. The third-order valence-electron chi connectivity index (χ3n) is 5.92. The fraction of sp³-hybridized carbons (Fsp3) is 0.417. The molecule has 2 bridgehead atoms. The van der Waals surface area contributed by atoms with Crippen LogP contribution in [0.1, 0.15) is 41.7 Å². The van der Waals surface area contributed by atoms with E-state index in [0.29, 0.717) is 23.8 Å². The molecule has 30 heavy (non-hydrogen) atoms. The largest absolute Gasteiger partial charge is 0.462 e. The number of rotatable bonds is 7. The summed E-state index contributed by atoms with van der Waals surface area (Å²) in [6.45, 7) is 5.10. The second-order valence-corrected chi connectivity index (χ2v) is 7.90. The summed E-state index contributed by atoms with van der Waals surface area (Å²) in [5, 5.41) is 3.27. The maximum atomic E-state index is 13.2. The first-order valence-corrected chi connectivity index (χ1v) is 10.7. The minimum absolute atomic E-state index is 0.0566. The Labute approximate surface area is 177 Å². The van der Waals surface area contributed by atoms with Crippen LogP contribution in [0.4, 0.5) is 5.69 Å². The molecule has 0 aliphatic carbocycles. The Morgan fingerprint density at radius 1 is 1.10 bits per heavy atom. The van der Waals surface area contributed by atoms with Crippen LogP contribution in [-0.4, -0.2) is 49.2 Å². The zero-order valence-corrected chi connectivity index (χ0v) is 17.3. The fourth-order valence-electron chi connectivity index (χ4n) is 4.30. The summed E-state index contributed by atoms with van der Waals surface area (Å²) in [6, 6.07) is 15.9. The van der Waals surface area contributed by atoms with Gasteiger partial charge in [0.2, 0.25) is 0 Å². The third kappa shape index (κ3) is 4.65. The molecule has 3 saturated heterocycles. The molecule has 1 N–H and O–H groups in total. The van der Waals surface area contributed by atoms with Gasteiger partial charge in [0.15, 0.2) is 6.04 Å². The van der Waals surface area contributed by atoms with Crippen LogP contribution in [0, 0.1) is 5.92 Å². The van der Waals surface area contributed by atoms with E-state index in [-0.39, 0.29) is 18.0 Å². The zero-order valence-electron chi connectivity index (χ0n) is 17.3. The summed E-state index contributed by atoms with van der Waals surface area (Å²) in [5.41, 5.74) is 1.94. The van der Waals surface area contributed by atoms with E-state index in [1.54, 1.807) is 25.1 Å². The monoisotopic (exact) mass is 408 g/mol. The van der Waals surface area contributed by atoms with Crippen molar-refractivity contribution < 1.29 is 19.1 Å². The molecule has 3 aliphatic rings. The van der Waals surface area contributed by atoms with Gasteiger partial charge < -0.3 is 14.8 Å². The predicted molar refractivity (Wildman–Crippen MR) is 114 cm³/mol. The number of hydrogen-bond acceptors (Lipinski definition) is 6. The molecule has 3 aliphatic heterocycles. The molecule has 0 radical (unpaired) electrons. The molecule has 2 aromatic rings. The molecule has 0 aromatic heterocycles. The molecule has 6 heteroatoms. The number of hydrogen-bond donors (Lipinski definition) is 1. The highest BCUT2D eigenvalue weighted by molar-refractivity contribution is 5.91. The van der Waals surface area contributed by atoms with Crippen molar-refractivity contribution in [2.75, 3.05) is 31.6 Å². The molecule has 0 unspecified atom stereocenters. The normalized spacial score (nSPS) is 23.4. The first-order chi connectivity index (χ1) is 14.6. The fourth-order valence-corrected chi connectivity index (χ4v) is 4.30. The molecule has 6 nitrogen and oxygen atoms in total. The molecular weight excluding hydrogens is 380 g/mol. The predicted octanol–water partition coefficient (Wildman–Crippen LogP) is 3.65. The van der Waals surface area contributed by atoms with E-state index in [2.05, 4.69) is 10.2 Å². The number of carbonyl (C=O) groups excluding carboxylic acids is 2. The molecule has 2 atom stereocenters. The number of anilines is 1. The summed E-state index contributed by atoms with van der Waals surface area (Å²) in [6.07, 6.45) is 2.12. The summed E-state index contributed by atoms with van der Waals surface area (Å²) >= 11 is 0. The van der Waals surface area contributed by atoms with E-state index < -0.39 is 6.04 Å². The number of fused-ring (bicyclic) bond motifs is 3. The highest BCUT2D eigenvalue weighted by Gasteiger charge is 2.37. The van der Waals surface area contributed by atoms with Gasteiger partial charge in [0.25, 0.3) is 0 Å². The lowest BCUT2D eigenvalue weighted by Gasteiger charge is -2.44. The topological polar surface area (TPSA) is 67.9 Å². The van der Waals surface area contributed by atoms with Crippen LogP contribution in [0.25, 0.3) is 0 Å². The van der Waals surface area contributed by atoms with Crippen molar-refractivity contribution in [3.05, 3.63) is 65.7 Å². The maximum Gasteiger partial charge on any atom is 0.338 e. The molecule has 3 fully saturated rings. The molecule has 5 rings (SSSR count). The number of carbonyl (C=O) groups is 2. The first kappa shape index (κ1) is 20.4. The van der Waals surface area contributed by atoms with Crippen molar-refractivity contribution in [1.29, 1.82) is 0 Å². The minimum Gasteiger partial charge on any atom is -0.462 e. The molecule has 0 saturated carbocycles. The molecule has 2 aromatic carbocycles. The maximum absolute atomic E-state index is 13.2. The van der Waals surface area contributed by atoms with Gasteiger partial charge in [0, 0.05) is 12.2 Å². The van der Waals surface area contributed by atoms with Gasteiger partial charge in [-0.15, -0.1) is 0 Å². The number of nitrogens with zero attached hydrogens (tertiary/aromatic N) is 1. The van der Waals surface area contributed by atoms with Gasteiger partial charge in [0.05, 0.1) is 12.2 Å². The van der Waals surface area contributed by atoms with E-state index in [1.165, 1.54) is 0 Å². The first-order valence-electron chi connectivity index (χ1n) is 10.7. The van der Waals surface area contributed by atoms with Crippen molar-refractivity contribution in [3.63, 3.8) is 0 Å². The quantitative estimate of drug-likeness (QED) is 0.706. The van der Waals surface area contributed by atoms with Crippen LogP contribution in [0.3, 0.4) is 0 Å². The zero-order chi connectivity index (χ0) is 20.9. The number of esters is 2. The van der Waals surface area contributed by atoms with E-state index in [9.17, 15) is 9.59 Å². The van der Waals surface area contributed by atoms with Gasteiger partial charge in [-0.2, -0.15) is 0 Å². The van der Waals surface area contributed by atoms with Crippen LogP contribution < -0.4 is 5.32 Å². The van der Waals surface area contributed by atoms with Crippen molar-refractivity contribution in [1.82, 2.24) is 4.90 Å². The summed E-state index contributed by atoms with van der Waals surface area (Å²) < 4.78 is 11.1. The number of ether oxygens (including phenoxy) is 2. The Morgan fingerprint density at radius 3 is 2.53 bits per heavy atom. The van der Waals surface area contributed by atoms with Crippen molar-refractivity contribution >= 4 is 17.6 Å². The Morgan fingerprint density at radius 2 is 1.87 bits per heavy atom. The number of piperidine rings is 3. The van der Waals surface area contributed by atoms with Gasteiger partial charge >= 0.3 is 11.9 Å².